The van der Waals surface area contributed by atoms with Crippen LogP contribution in [0, 0.1) is 6.92 Å². The topological polar surface area (TPSA) is 72.3 Å². The van der Waals surface area contributed by atoms with Gasteiger partial charge < -0.3 is 23.5 Å². The Morgan fingerprint density at radius 1 is 1.25 bits per heavy atom. The molecule has 8 heavy (non-hydrogen) atoms. The van der Waals surface area contributed by atoms with Gasteiger partial charge in [0, 0.05) is 13.1 Å². The molecule has 0 spiro atoms. The van der Waals surface area contributed by atoms with E-state index >= 15 is 0 Å². The molecule has 0 aliphatic carbocycles. The van der Waals surface area contributed by atoms with Gasteiger partial charge in [0.05, 0.1) is 0 Å². The van der Waals surface area contributed by atoms with E-state index in [4.69, 9.17) is 16.6 Å². The van der Waals surface area contributed by atoms with Gasteiger partial charge in [-0.15, -0.1) is 0 Å². The van der Waals surface area contributed by atoms with Crippen LogP contribution in [0.4, 0.5) is 0 Å². The van der Waals surface area contributed by atoms with Crippen LogP contribution in [0.1, 0.15) is 0 Å². The minimum Gasteiger partial charge on any atom is -0.428 e. The van der Waals surface area contributed by atoms with E-state index in [1.54, 1.807) is 0 Å². The largest absolute Gasteiger partial charge is 1.00 e. The standard InChI is InChI=1S/C2H8N2.C2H5O.Na/c3-1-2-4;1-2-3;/h1-4H2;3H,1-2H2;/q;-1;+1. The Balaban J connectivity index is -0.0000000575. The van der Waals surface area contributed by atoms with Crippen molar-refractivity contribution in [1.29, 1.82) is 0 Å². The second-order valence-corrected chi connectivity index (χ2v) is 0.801. The van der Waals surface area contributed by atoms with E-state index in [1.807, 2.05) is 0 Å². The zero-order valence-corrected chi connectivity index (χ0v) is 7.43. The molecule has 0 aliphatic rings. The fraction of sp³-hybridized carbons (Fsp3) is 0.750. The summed E-state index contributed by atoms with van der Waals surface area (Å²) < 4.78 is 0. The zero-order valence-electron chi connectivity index (χ0n) is 5.43. The molecule has 0 aromatic rings. The smallest absolute Gasteiger partial charge is 0.428 e. The van der Waals surface area contributed by atoms with Gasteiger partial charge >= 0.3 is 29.6 Å². The van der Waals surface area contributed by atoms with Crippen LogP contribution >= 0.6 is 0 Å². The van der Waals surface area contributed by atoms with Gasteiger partial charge in [-0.25, -0.2) is 0 Å². The first-order chi connectivity index (χ1) is 3.33. The van der Waals surface area contributed by atoms with E-state index in [0.29, 0.717) is 13.1 Å². The van der Waals surface area contributed by atoms with Crippen molar-refractivity contribution in [2.45, 2.75) is 0 Å². The summed E-state index contributed by atoms with van der Waals surface area (Å²) in [6.07, 6.45) is 0. The van der Waals surface area contributed by atoms with Crippen LogP contribution in [-0.2, 0) is 0 Å². The van der Waals surface area contributed by atoms with Gasteiger partial charge in [-0.3, -0.25) is 0 Å². The predicted molar refractivity (Wildman–Crippen MR) is 30.6 cm³/mol. The minimum atomic E-state index is 0. The first-order valence-electron chi connectivity index (χ1n) is 2.13. The number of aliphatic hydroxyl groups is 1. The van der Waals surface area contributed by atoms with Gasteiger partial charge in [0.2, 0.25) is 0 Å². The molecule has 0 heterocycles. The van der Waals surface area contributed by atoms with Crippen LogP contribution in [0.3, 0.4) is 0 Å². The molecule has 0 fully saturated rings. The van der Waals surface area contributed by atoms with Crippen molar-refractivity contribution in [2.24, 2.45) is 11.5 Å². The Labute approximate surface area is 72.7 Å². The van der Waals surface area contributed by atoms with Crippen molar-refractivity contribution < 1.29 is 34.7 Å². The number of hydrogen-bond acceptors (Lipinski definition) is 3. The number of aliphatic hydroxyl groups excluding tert-OH is 1. The molecule has 46 valence electrons. The zero-order chi connectivity index (χ0) is 6.12. The SMILES string of the molecule is NCCN.[CH2-]CO.[Na+]. The molecule has 0 saturated carbocycles. The van der Waals surface area contributed by atoms with Crippen molar-refractivity contribution in [1.82, 2.24) is 0 Å². The molecule has 4 heteroatoms. The van der Waals surface area contributed by atoms with Crippen LogP contribution in [0.15, 0.2) is 0 Å². The molecule has 0 amide bonds. The maximum Gasteiger partial charge on any atom is 1.00 e. The molecule has 5 N–H and O–H groups in total. The van der Waals surface area contributed by atoms with E-state index in [2.05, 4.69) is 6.92 Å². The molecule has 0 aliphatic heterocycles. The molecule has 3 nitrogen and oxygen atoms in total. The molecular weight excluding hydrogens is 115 g/mol. The fourth-order valence-electron chi connectivity index (χ4n) is 0. The van der Waals surface area contributed by atoms with Gasteiger partial charge in [0.15, 0.2) is 0 Å². The van der Waals surface area contributed by atoms with Crippen molar-refractivity contribution in [3.8, 4) is 0 Å². The molecule has 0 rings (SSSR count). The molecule has 0 bridgehead atoms. The average Bonchev–Trinajstić information content (AvgIpc) is 1.69. The normalized spacial score (nSPS) is 6.00. The van der Waals surface area contributed by atoms with E-state index < -0.39 is 0 Å². The third kappa shape index (κ3) is 67.3. The number of rotatable bonds is 1. The summed E-state index contributed by atoms with van der Waals surface area (Å²) in [6.45, 7) is 4.24. The maximum atomic E-state index is 7.46. The Hall–Kier alpha value is 0.880. The van der Waals surface area contributed by atoms with Crippen LogP contribution in [0.2, 0.25) is 0 Å². The quantitative estimate of drug-likeness (QED) is 0.247. The Morgan fingerprint density at radius 3 is 1.38 bits per heavy atom. The first kappa shape index (κ1) is 15.9. The molecule has 0 unspecified atom stereocenters. The summed E-state index contributed by atoms with van der Waals surface area (Å²) in [5, 5.41) is 7.46. The van der Waals surface area contributed by atoms with E-state index in [1.165, 1.54) is 0 Å². The third-order valence-electron chi connectivity index (χ3n) is 0.167. The Kier molecular flexibility index (Phi) is 49.4. The number of nitrogens with two attached hydrogens (primary N) is 2. The number of hydrogen-bond donors (Lipinski definition) is 3. The second kappa shape index (κ2) is 24.8. The third-order valence-corrected chi connectivity index (χ3v) is 0.167. The van der Waals surface area contributed by atoms with Crippen LogP contribution in [0.5, 0.6) is 0 Å². The Morgan fingerprint density at radius 2 is 1.38 bits per heavy atom. The van der Waals surface area contributed by atoms with Crippen LogP contribution < -0.4 is 41.0 Å². The van der Waals surface area contributed by atoms with Gasteiger partial charge in [-0.1, -0.05) is 6.61 Å². The van der Waals surface area contributed by atoms with Crippen molar-refractivity contribution in [3.63, 3.8) is 0 Å². The van der Waals surface area contributed by atoms with Crippen molar-refractivity contribution >= 4 is 0 Å². The van der Waals surface area contributed by atoms with Gasteiger partial charge in [-0.2, -0.15) is 0 Å². The summed E-state index contributed by atoms with van der Waals surface area (Å²) in [5.74, 6) is 0. The van der Waals surface area contributed by atoms with Gasteiger partial charge in [-0.05, 0) is 0 Å². The van der Waals surface area contributed by atoms with E-state index in [9.17, 15) is 0 Å². The van der Waals surface area contributed by atoms with Crippen molar-refractivity contribution in [3.05, 3.63) is 6.92 Å². The summed E-state index contributed by atoms with van der Waals surface area (Å²) in [7, 11) is 0. The molecule has 0 atom stereocenters. The Bertz CT molecular complexity index is 21.5. The molecule has 0 radical (unpaired) electrons. The van der Waals surface area contributed by atoms with E-state index in [0.717, 1.165) is 0 Å². The molecule has 0 saturated heterocycles. The maximum absolute atomic E-state index is 7.46. The minimum absolute atomic E-state index is 0. The van der Waals surface area contributed by atoms with Crippen molar-refractivity contribution in [2.75, 3.05) is 19.7 Å². The summed E-state index contributed by atoms with van der Waals surface area (Å²) in [5.41, 5.74) is 9.81. The summed E-state index contributed by atoms with van der Waals surface area (Å²) in [6, 6.07) is 0. The molecular formula is C4H13N2NaO. The van der Waals surface area contributed by atoms with E-state index in [-0.39, 0.29) is 36.2 Å². The fourth-order valence-corrected chi connectivity index (χ4v) is 0. The summed E-state index contributed by atoms with van der Waals surface area (Å²) in [4.78, 5) is 0. The van der Waals surface area contributed by atoms with Gasteiger partial charge in [0.1, 0.15) is 0 Å². The molecule has 0 aromatic heterocycles. The molecule has 0 aromatic carbocycles. The monoisotopic (exact) mass is 128 g/mol. The average molecular weight is 128 g/mol. The van der Waals surface area contributed by atoms with Gasteiger partial charge in [0.25, 0.3) is 0 Å². The summed E-state index contributed by atoms with van der Waals surface area (Å²) >= 11 is 0. The first-order valence-corrected chi connectivity index (χ1v) is 2.13. The predicted octanol–water partition coefficient (Wildman–Crippen LogP) is -4.28. The second-order valence-electron chi connectivity index (χ2n) is 0.801. The van der Waals surface area contributed by atoms with Crippen LogP contribution in [-0.4, -0.2) is 24.8 Å². The van der Waals surface area contributed by atoms with Crippen LogP contribution in [0.25, 0.3) is 0 Å².